The number of Topliss-reactive ketones (excluding diaryl/α,β-unsaturated/α-hetero) is 2. The Labute approximate surface area is 112 Å². The highest BCUT2D eigenvalue weighted by molar-refractivity contribution is 6.04. The van der Waals surface area contributed by atoms with Gasteiger partial charge in [0.25, 0.3) is 0 Å². The Kier molecular flexibility index (Phi) is 5.36. The molecule has 0 bridgehead atoms. The highest BCUT2D eigenvalue weighted by Gasteiger charge is 2.18. The van der Waals surface area contributed by atoms with E-state index < -0.39 is 30.0 Å². The maximum Gasteiger partial charge on any atom is 0.387 e. The van der Waals surface area contributed by atoms with Crippen LogP contribution in [-0.4, -0.2) is 24.2 Å². The molecule has 5 nitrogen and oxygen atoms in total. The molecule has 0 radical (unpaired) electrons. The van der Waals surface area contributed by atoms with Gasteiger partial charge in [-0.15, -0.1) is 0 Å². The van der Waals surface area contributed by atoms with Crippen LogP contribution in [0.2, 0.25) is 0 Å². The first-order chi connectivity index (χ1) is 9.31. The second kappa shape index (κ2) is 6.78. The summed E-state index contributed by atoms with van der Waals surface area (Å²) in [7, 11) is 0. The van der Waals surface area contributed by atoms with Crippen molar-refractivity contribution in [1.29, 1.82) is 0 Å². The van der Waals surface area contributed by atoms with Crippen LogP contribution < -0.4 is 4.74 Å². The average Bonchev–Trinajstić information content (AvgIpc) is 2.30. The van der Waals surface area contributed by atoms with E-state index in [4.69, 9.17) is 0 Å². The second-order valence-corrected chi connectivity index (χ2v) is 3.83. The minimum Gasteiger partial charge on any atom is -0.435 e. The molecule has 0 aliphatic carbocycles. The van der Waals surface area contributed by atoms with Crippen LogP contribution in [0, 0.1) is 5.82 Å². The molecule has 0 aliphatic heterocycles. The molecule has 1 aromatic rings. The summed E-state index contributed by atoms with van der Waals surface area (Å²) in [5.41, 5.74) is -0.292. The van der Waals surface area contributed by atoms with Gasteiger partial charge in [-0.25, -0.2) is 4.39 Å². The van der Waals surface area contributed by atoms with Gasteiger partial charge in [-0.2, -0.15) is 19.0 Å². The van der Waals surface area contributed by atoms with Crippen LogP contribution in [0.5, 0.6) is 5.75 Å². The Morgan fingerprint density at radius 3 is 2.25 bits per heavy atom. The quantitative estimate of drug-likeness (QED) is 0.596. The monoisotopic (exact) mass is 288 g/mol. The lowest BCUT2D eigenvalue weighted by atomic mass is 10.1. The third-order valence-electron chi connectivity index (χ3n) is 2.20. The third-order valence-corrected chi connectivity index (χ3v) is 2.20. The molecule has 0 saturated carbocycles. The number of alkyl halides is 2. The van der Waals surface area contributed by atoms with Gasteiger partial charge in [-0.05, 0) is 26.0 Å². The van der Waals surface area contributed by atoms with Crippen LogP contribution in [0.3, 0.4) is 0 Å². The van der Waals surface area contributed by atoms with Gasteiger partial charge in [0.05, 0.1) is 0 Å². The molecule has 0 N–H and O–H groups in total. The molecule has 0 aliphatic rings. The number of benzene rings is 1. The number of hydrogen-bond acceptors (Lipinski definition) is 5. The van der Waals surface area contributed by atoms with Crippen molar-refractivity contribution in [3.05, 3.63) is 24.0 Å². The molecule has 108 valence electrons. The molecule has 0 spiro atoms. The zero-order valence-corrected chi connectivity index (χ0v) is 10.6. The van der Waals surface area contributed by atoms with Crippen LogP contribution in [0.4, 0.5) is 18.9 Å². The molecular formula is C12H11F3N2O3. The zero-order chi connectivity index (χ0) is 15.3. The second-order valence-electron chi connectivity index (χ2n) is 3.83. The van der Waals surface area contributed by atoms with Gasteiger partial charge in [-0.3, -0.25) is 9.59 Å². The normalized spacial score (nSPS) is 11.3. The first-order valence-electron chi connectivity index (χ1n) is 5.47. The first-order valence-corrected chi connectivity index (χ1v) is 5.47. The number of halogens is 3. The van der Waals surface area contributed by atoms with Gasteiger partial charge in [0.2, 0.25) is 0 Å². The Morgan fingerprint density at radius 2 is 1.80 bits per heavy atom. The Hall–Kier alpha value is -2.25. The summed E-state index contributed by atoms with van der Waals surface area (Å²) in [6.07, 6.45) is 0. The fourth-order valence-corrected chi connectivity index (χ4v) is 1.31. The predicted octanol–water partition coefficient (Wildman–Crippen LogP) is 3.06. The van der Waals surface area contributed by atoms with E-state index in [0.717, 1.165) is 26.0 Å². The van der Waals surface area contributed by atoms with Gasteiger partial charge < -0.3 is 4.74 Å². The third kappa shape index (κ3) is 4.45. The molecule has 0 amide bonds. The Bertz CT molecular complexity index is 533. The topological polar surface area (TPSA) is 68.1 Å². The summed E-state index contributed by atoms with van der Waals surface area (Å²) >= 11 is 0. The lowest BCUT2D eigenvalue weighted by Gasteiger charge is -2.05. The molecule has 1 aromatic carbocycles. The van der Waals surface area contributed by atoms with Crippen molar-refractivity contribution in [2.45, 2.75) is 26.5 Å². The van der Waals surface area contributed by atoms with Crippen molar-refractivity contribution >= 4 is 17.3 Å². The van der Waals surface area contributed by atoms with Crippen LogP contribution in [-0.2, 0) is 9.59 Å². The summed E-state index contributed by atoms with van der Waals surface area (Å²) in [5, 5.41) is 6.88. The van der Waals surface area contributed by atoms with Crippen molar-refractivity contribution in [3.8, 4) is 5.75 Å². The zero-order valence-electron chi connectivity index (χ0n) is 10.6. The highest BCUT2D eigenvalue weighted by atomic mass is 19.3. The van der Waals surface area contributed by atoms with Crippen molar-refractivity contribution in [2.75, 3.05) is 0 Å². The number of hydrogen-bond donors (Lipinski definition) is 0. The summed E-state index contributed by atoms with van der Waals surface area (Å²) in [6, 6.07) is 1.52. The summed E-state index contributed by atoms with van der Waals surface area (Å²) < 4.78 is 41.3. The van der Waals surface area contributed by atoms with Crippen molar-refractivity contribution in [2.24, 2.45) is 10.2 Å². The SMILES string of the molecule is CC(=O)C(N=Nc1ccc(OC(F)F)cc1F)C(C)=O. The van der Waals surface area contributed by atoms with Gasteiger partial charge in [-0.1, -0.05) is 0 Å². The molecule has 20 heavy (non-hydrogen) atoms. The molecule has 0 fully saturated rings. The molecule has 0 aromatic heterocycles. The number of azo groups is 1. The van der Waals surface area contributed by atoms with Crippen LogP contribution in [0.25, 0.3) is 0 Å². The Balaban J connectivity index is 2.92. The predicted molar refractivity (Wildman–Crippen MR) is 62.7 cm³/mol. The molecule has 0 atom stereocenters. The van der Waals surface area contributed by atoms with Crippen LogP contribution in [0.1, 0.15) is 13.8 Å². The summed E-state index contributed by atoms with van der Waals surface area (Å²) in [5.74, 6) is -2.39. The first kappa shape index (κ1) is 15.8. The lowest BCUT2D eigenvalue weighted by Crippen LogP contribution is -2.23. The van der Waals surface area contributed by atoms with Gasteiger partial charge in [0.1, 0.15) is 11.4 Å². The number of carbonyl (C=O) groups excluding carboxylic acids is 2. The van der Waals surface area contributed by atoms with Crippen LogP contribution >= 0.6 is 0 Å². The van der Waals surface area contributed by atoms with Gasteiger partial charge >= 0.3 is 6.61 Å². The molecule has 0 unspecified atom stereocenters. The molecule has 0 heterocycles. The van der Waals surface area contributed by atoms with E-state index in [2.05, 4.69) is 15.0 Å². The van der Waals surface area contributed by atoms with E-state index >= 15 is 0 Å². The number of nitrogens with zero attached hydrogens (tertiary/aromatic N) is 2. The van der Waals surface area contributed by atoms with E-state index in [0.29, 0.717) is 6.07 Å². The van der Waals surface area contributed by atoms with E-state index in [1.807, 2.05) is 0 Å². The van der Waals surface area contributed by atoms with Gasteiger partial charge in [0.15, 0.2) is 23.4 Å². The van der Waals surface area contributed by atoms with Crippen molar-refractivity contribution in [3.63, 3.8) is 0 Å². The van der Waals surface area contributed by atoms with Crippen LogP contribution in [0.15, 0.2) is 28.4 Å². The number of ether oxygens (including phenoxy) is 1. The average molecular weight is 288 g/mol. The fourth-order valence-electron chi connectivity index (χ4n) is 1.31. The van der Waals surface area contributed by atoms with Crippen molar-refractivity contribution in [1.82, 2.24) is 0 Å². The van der Waals surface area contributed by atoms with Gasteiger partial charge in [0, 0.05) is 6.07 Å². The number of rotatable bonds is 6. The highest BCUT2D eigenvalue weighted by Crippen LogP contribution is 2.24. The van der Waals surface area contributed by atoms with E-state index in [-0.39, 0.29) is 11.4 Å². The standard InChI is InChI=1S/C12H11F3N2O3/c1-6(18)11(7(2)19)17-16-10-4-3-8(5-9(10)13)20-12(14)15/h3-5,11-12H,1-2H3. The minimum atomic E-state index is -3.07. The minimum absolute atomic E-state index is 0.292. The fraction of sp³-hybridized carbons (Fsp3) is 0.333. The smallest absolute Gasteiger partial charge is 0.387 e. The molecule has 1 rings (SSSR count). The van der Waals surface area contributed by atoms with E-state index in [1.165, 1.54) is 0 Å². The Morgan fingerprint density at radius 1 is 1.20 bits per heavy atom. The number of carbonyl (C=O) groups is 2. The largest absolute Gasteiger partial charge is 0.435 e. The maximum atomic E-state index is 13.5. The molecule has 8 heteroatoms. The molecule has 0 saturated heterocycles. The summed E-state index contributed by atoms with van der Waals surface area (Å²) in [6.45, 7) is -0.760. The maximum absolute atomic E-state index is 13.5. The van der Waals surface area contributed by atoms with E-state index in [9.17, 15) is 22.8 Å². The lowest BCUT2D eigenvalue weighted by molar-refractivity contribution is -0.126. The molecular weight excluding hydrogens is 277 g/mol. The van der Waals surface area contributed by atoms with E-state index in [1.54, 1.807) is 0 Å². The number of ketones is 2. The van der Waals surface area contributed by atoms with Crippen molar-refractivity contribution < 1.29 is 27.5 Å². The summed E-state index contributed by atoms with van der Waals surface area (Å²) in [4.78, 5) is 22.2.